The van der Waals surface area contributed by atoms with E-state index in [0.29, 0.717) is 30.3 Å². The smallest absolute Gasteiger partial charge is 0.309 e. The summed E-state index contributed by atoms with van der Waals surface area (Å²) in [6, 6.07) is 12.0. The summed E-state index contributed by atoms with van der Waals surface area (Å²) in [5.41, 5.74) is 1.25. The van der Waals surface area contributed by atoms with E-state index in [1.807, 2.05) is 19.1 Å². The normalized spacial score (nSPS) is 18.5. The summed E-state index contributed by atoms with van der Waals surface area (Å²) in [7, 11) is 1.40. The Morgan fingerprint density at radius 3 is 2.52 bits per heavy atom. The fourth-order valence-electron chi connectivity index (χ4n) is 2.79. The first kappa shape index (κ1) is 17.3. The fraction of sp³-hybridized carbons (Fsp3) is 0.350. The second kappa shape index (κ2) is 7.55. The lowest BCUT2D eigenvalue weighted by molar-refractivity contribution is -0.142. The van der Waals surface area contributed by atoms with Crippen LogP contribution in [-0.4, -0.2) is 26.3 Å². The van der Waals surface area contributed by atoms with Crippen LogP contribution in [0, 0.1) is 17.7 Å². The van der Waals surface area contributed by atoms with Gasteiger partial charge in [-0.05, 0) is 49.2 Å². The lowest BCUT2D eigenvalue weighted by Crippen LogP contribution is -2.08. The molecule has 2 unspecified atom stereocenters. The van der Waals surface area contributed by atoms with Crippen LogP contribution in [0.5, 0.6) is 11.5 Å². The van der Waals surface area contributed by atoms with Crippen LogP contribution < -0.4 is 9.47 Å². The van der Waals surface area contributed by atoms with E-state index in [1.165, 1.54) is 13.2 Å². The Kier molecular flexibility index (Phi) is 5.22. The van der Waals surface area contributed by atoms with Gasteiger partial charge in [0, 0.05) is 11.5 Å². The van der Waals surface area contributed by atoms with Crippen LogP contribution in [0.3, 0.4) is 0 Å². The van der Waals surface area contributed by atoms with E-state index in [9.17, 15) is 9.18 Å². The average molecular weight is 344 g/mol. The number of carbonyl (C=O) groups excluding carboxylic acids is 1. The standard InChI is InChI=1S/C20H21FO4/c1-3-24-16-8-9-19(21)17(11-16)13-4-6-15(7-5-13)25-12-14-10-18(14)20(22)23-2/h4-9,11,14,18H,3,10,12H2,1-2H3. The van der Waals surface area contributed by atoms with Gasteiger partial charge in [0.2, 0.25) is 0 Å². The van der Waals surface area contributed by atoms with Gasteiger partial charge in [0.05, 0.1) is 26.2 Å². The van der Waals surface area contributed by atoms with E-state index in [-0.39, 0.29) is 23.6 Å². The summed E-state index contributed by atoms with van der Waals surface area (Å²) in [6.07, 6.45) is 0.806. The molecular formula is C20H21FO4. The molecular weight excluding hydrogens is 323 g/mol. The molecule has 25 heavy (non-hydrogen) atoms. The van der Waals surface area contributed by atoms with E-state index in [0.717, 1.165) is 12.0 Å². The first-order valence-corrected chi connectivity index (χ1v) is 8.35. The van der Waals surface area contributed by atoms with Crippen LogP contribution in [0.15, 0.2) is 42.5 Å². The number of hydrogen-bond acceptors (Lipinski definition) is 4. The van der Waals surface area contributed by atoms with Gasteiger partial charge in [-0.1, -0.05) is 12.1 Å². The number of hydrogen-bond donors (Lipinski definition) is 0. The number of esters is 1. The number of rotatable bonds is 7. The van der Waals surface area contributed by atoms with E-state index in [2.05, 4.69) is 0 Å². The molecule has 5 heteroatoms. The van der Waals surface area contributed by atoms with Crippen molar-refractivity contribution in [3.8, 4) is 22.6 Å². The molecule has 1 fully saturated rings. The third kappa shape index (κ3) is 4.10. The third-order valence-corrected chi connectivity index (χ3v) is 4.30. The molecule has 0 amide bonds. The summed E-state index contributed by atoms with van der Waals surface area (Å²) in [4.78, 5) is 11.4. The summed E-state index contributed by atoms with van der Waals surface area (Å²) in [6.45, 7) is 2.90. The largest absolute Gasteiger partial charge is 0.494 e. The van der Waals surface area contributed by atoms with Crippen molar-refractivity contribution >= 4 is 5.97 Å². The van der Waals surface area contributed by atoms with Gasteiger partial charge in [0.15, 0.2) is 0 Å². The third-order valence-electron chi connectivity index (χ3n) is 4.30. The van der Waals surface area contributed by atoms with E-state index < -0.39 is 0 Å². The zero-order chi connectivity index (χ0) is 17.8. The first-order chi connectivity index (χ1) is 12.1. The molecule has 4 nitrogen and oxygen atoms in total. The maximum absolute atomic E-state index is 14.1. The molecule has 0 bridgehead atoms. The number of methoxy groups -OCH3 is 1. The van der Waals surface area contributed by atoms with E-state index >= 15 is 0 Å². The molecule has 0 aromatic heterocycles. The quantitative estimate of drug-likeness (QED) is 0.710. The van der Waals surface area contributed by atoms with Crippen molar-refractivity contribution in [2.75, 3.05) is 20.3 Å². The van der Waals surface area contributed by atoms with Gasteiger partial charge >= 0.3 is 5.97 Å². The Labute approximate surface area is 146 Å². The van der Waals surface area contributed by atoms with Crippen LogP contribution in [0.2, 0.25) is 0 Å². The van der Waals surface area contributed by atoms with Crippen molar-refractivity contribution in [2.45, 2.75) is 13.3 Å². The minimum Gasteiger partial charge on any atom is -0.494 e. The predicted molar refractivity (Wildman–Crippen MR) is 92.1 cm³/mol. The maximum atomic E-state index is 14.1. The van der Waals surface area contributed by atoms with Crippen molar-refractivity contribution in [1.29, 1.82) is 0 Å². The molecule has 2 aromatic rings. The first-order valence-electron chi connectivity index (χ1n) is 8.35. The molecule has 3 rings (SSSR count). The molecule has 0 spiro atoms. The lowest BCUT2D eigenvalue weighted by atomic mass is 10.0. The van der Waals surface area contributed by atoms with Gasteiger partial charge in [0.1, 0.15) is 17.3 Å². The zero-order valence-corrected chi connectivity index (χ0v) is 14.3. The molecule has 0 heterocycles. The average Bonchev–Trinajstić information content (AvgIpc) is 3.41. The molecule has 0 N–H and O–H groups in total. The monoisotopic (exact) mass is 344 g/mol. The van der Waals surface area contributed by atoms with Crippen molar-refractivity contribution < 1.29 is 23.4 Å². The highest BCUT2D eigenvalue weighted by atomic mass is 19.1. The minimum atomic E-state index is -0.295. The molecule has 132 valence electrons. The minimum absolute atomic E-state index is 0.0420. The van der Waals surface area contributed by atoms with Gasteiger partial charge in [0.25, 0.3) is 0 Å². The van der Waals surface area contributed by atoms with Crippen LogP contribution in [0.25, 0.3) is 11.1 Å². The molecule has 0 radical (unpaired) electrons. The highest BCUT2D eigenvalue weighted by Crippen LogP contribution is 2.39. The molecule has 2 atom stereocenters. The molecule has 2 aromatic carbocycles. The molecule has 1 saturated carbocycles. The second-order valence-electron chi connectivity index (χ2n) is 6.04. The molecule has 0 saturated heterocycles. The van der Waals surface area contributed by atoms with Crippen molar-refractivity contribution in [1.82, 2.24) is 0 Å². The van der Waals surface area contributed by atoms with E-state index in [4.69, 9.17) is 14.2 Å². The predicted octanol–water partition coefficient (Wildman–Crippen LogP) is 4.08. The molecule has 1 aliphatic rings. The van der Waals surface area contributed by atoms with Crippen LogP contribution in [0.4, 0.5) is 4.39 Å². The van der Waals surface area contributed by atoms with Crippen molar-refractivity contribution in [3.05, 3.63) is 48.3 Å². The number of halogens is 1. The van der Waals surface area contributed by atoms with Crippen LogP contribution in [0.1, 0.15) is 13.3 Å². The summed E-state index contributed by atoms with van der Waals surface area (Å²) in [5, 5.41) is 0. The molecule has 1 aliphatic carbocycles. The number of benzene rings is 2. The lowest BCUT2D eigenvalue weighted by Gasteiger charge is -2.09. The van der Waals surface area contributed by atoms with E-state index in [1.54, 1.807) is 24.3 Å². The van der Waals surface area contributed by atoms with Gasteiger partial charge in [-0.25, -0.2) is 4.39 Å². The summed E-state index contributed by atoms with van der Waals surface area (Å²) in [5.74, 6) is 1.04. The summed E-state index contributed by atoms with van der Waals surface area (Å²) < 4.78 is 29.9. The highest BCUT2D eigenvalue weighted by Gasteiger charge is 2.44. The number of carbonyl (C=O) groups is 1. The Balaban J connectivity index is 1.63. The topological polar surface area (TPSA) is 44.8 Å². The van der Waals surface area contributed by atoms with Crippen molar-refractivity contribution in [2.24, 2.45) is 11.8 Å². The Morgan fingerprint density at radius 1 is 1.12 bits per heavy atom. The van der Waals surface area contributed by atoms with Gasteiger partial charge in [-0.2, -0.15) is 0 Å². The fourth-order valence-corrected chi connectivity index (χ4v) is 2.79. The Morgan fingerprint density at radius 2 is 1.84 bits per heavy atom. The van der Waals surface area contributed by atoms with Gasteiger partial charge in [-0.3, -0.25) is 4.79 Å². The molecule has 0 aliphatic heterocycles. The van der Waals surface area contributed by atoms with Crippen LogP contribution in [-0.2, 0) is 9.53 Å². The zero-order valence-electron chi connectivity index (χ0n) is 14.3. The Hall–Kier alpha value is -2.56. The second-order valence-corrected chi connectivity index (χ2v) is 6.04. The SMILES string of the molecule is CCOc1ccc(F)c(-c2ccc(OCC3CC3C(=O)OC)cc2)c1. The maximum Gasteiger partial charge on any atom is 0.309 e. The Bertz CT molecular complexity index is 742. The number of ether oxygens (including phenoxy) is 3. The highest BCUT2D eigenvalue weighted by molar-refractivity contribution is 5.75. The van der Waals surface area contributed by atoms with Crippen molar-refractivity contribution in [3.63, 3.8) is 0 Å². The van der Waals surface area contributed by atoms with Gasteiger partial charge in [-0.15, -0.1) is 0 Å². The van der Waals surface area contributed by atoms with Gasteiger partial charge < -0.3 is 14.2 Å². The summed E-state index contributed by atoms with van der Waals surface area (Å²) >= 11 is 0. The van der Waals surface area contributed by atoms with Crippen LogP contribution >= 0.6 is 0 Å².